The highest BCUT2D eigenvalue weighted by Gasteiger charge is 2.40. The van der Waals surface area contributed by atoms with E-state index in [4.69, 9.17) is 5.73 Å². The molecule has 7 nitrogen and oxygen atoms in total. The number of sulfonamides is 1. The zero-order valence-electron chi connectivity index (χ0n) is 12.7. The average Bonchev–Trinajstić information content (AvgIpc) is 2.41. The Labute approximate surface area is 150 Å². The van der Waals surface area contributed by atoms with Gasteiger partial charge in [0, 0.05) is 29.7 Å². The predicted octanol–water partition coefficient (Wildman–Crippen LogP) is 2.53. The van der Waals surface area contributed by atoms with Gasteiger partial charge in [-0.3, -0.25) is 10.1 Å². The number of nitro benzene ring substituents is 1. The second kappa shape index (κ2) is 7.02. The summed E-state index contributed by atoms with van der Waals surface area (Å²) in [6.45, 7) is 4.29. The van der Waals surface area contributed by atoms with E-state index in [9.17, 15) is 18.5 Å². The monoisotopic (exact) mass is 427 g/mol. The van der Waals surface area contributed by atoms with Gasteiger partial charge >= 0.3 is 0 Å². The molecular formula is C13H19BrClN3O4S. The lowest BCUT2D eigenvalue weighted by Crippen LogP contribution is -2.53. The van der Waals surface area contributed by atoms with Gasteiger partial charge in [0.1, 0.15) is 0 Å². The van der Waals surface area contributed by atoms with Gasteiger partial charge in [-0.15, -0.1) is 12.4 Å². The quantitative estimate of drug-likeness (QED) is 0.588. The van der Waals surface area contributed by atoms with Crippen LogP contribution in [-0.4, -0.2) is 36.8 Å². The van der Waals surface area contributed by atoms with Crippen molar-refractivity contribution in [2.75, 3.05) is 13.1 Å². The first kappa shape index (κ1) is 20.3. The lowest BCUT2D eigenvalue weighted by atomic mass is 9.81. The van der Waals surface area contributed by atoms with Crippen LogP contribution in [0.4, 0.5) is 5.69 Å². The first-order valence-corrected chi connectivity index (χ1v) is 8.99. The Morgan fingerprint density at radius 3 is 2.57 bits per heavy atom. The van der Waals surface area contributed by atoms with E-state index < -0.39 is 20.6 Å². The SMILES string of the molecule is CC1(C)CN(S(=O)(=O)c2cc(Br)ccc2[N+](=O)[O-])CCC1N.Cl. The number of piperidine rings is 1. The molecule has 10 heteroatoms. The van der Waals surface area contributed by atoms with E-state index in [1.807, 2.05) is 13.8 Å². The lowest BCUT2D eigenvalue weighted by Gasteiger charge is -2.41. The number of hydrogen-bond acceptors (Lipinski definition) is 5. The van der Waals surface area contributed by atoms with Crippen molar-refractivity contribution in [3.8, 4) is 0 Å². The molecule has 1 saturated heterocycles. The van der Waals surface area contributed by atoms with Crippen LogP contribution in [0.1, 0.15) is 20.3 Å². The molecular weight excluding hydrogens is 410 g/mol. The van der Waals surface area contributed by atoms with Crippen LogP contribution in [-0.2, 0) is 10.0 Å². The Hall–Kier alpha value is -0.740. The number of nitrogens with two attached hydrogens (primary N) is 1. The molecule has 0 amide bonds. The van der Waals surface area contributed by atoms with E-state index in [1.54, 1.807) is 0 Å². The van der Waals surface area contributed by atoms with Crippen LogP contribution in [0.3, 0.4) is 0 Å². The zero-order chi connectivity index (χ0) is 16.7. The first-order chi connectivity index (χ1) is 10.1. The molecule has 0 saturated carbocycles. The van der Waals surface area contributed by atoms with Gasteiger partial charge in [0.15, 0.2) is 4.90 Å². The fraction of sp³-hybridized carbons (Fsp3) is 0.538. The summed E-state index contributed by atoms with van der Waals surface area (Å²) in [5, 5.41) is 11.1. The molecule has 1 fully saturated rings. The topological polar surface area (TPSA) is 107 Å². The van der Waals surface area contributed by atoms with Gasteiger partial charge in [0.25, 0.3) is 5.69 Å². The van der Waals surface area contributed by atoms with E-state index in [0.29, 0.717) is 10.9 Å². The summed E-state index contributed by atoms with van der Waals surface area (Å²) in [6, 6.07) is 3.82. The highest BCUT2D eigenvalue weighted by molar-refractivity contribution is 9.10. The average molecular weight is 429 g/mol. The molecule has 1 heterocycles. The minimum Gasteiger partial charge on any atom is -0.327 e. The third kappa shape index (κ3) is 4.03. The molecule has 0 aliphatic carbocycles. The van der Waals surface area contributed by atoms with Crippen LogP contribution in [0.5, 0.6) is 0 Å². The molecule has 1 aliphatic rings. The van der Waals surface area contributed by atoms with Crippen LogP contribution in [0, 0.1) is 15.5 Å². The number of rotatable bonds is 3. The minimum atomic E-state index is -3.95. The molecule has 0 spiro atoms. The Morgan fingerprint density at radius 1 is 1.43 bits per heavy atom. The standard InChI is InChI=1S/C13H18BrN3O4S.ClH/c1-13(2)8-16(6-5-12(13)15)22(20,21)11-7-9(14)3-4-10(11)17(18)19;/h3-4,7,12H,5-6,8,15H2,1-2H3;1H. The largest absolute Gasteiger partial charge is 0.327 e. The smallest absolute Gasteiger partial charge is 0.289 e. The fourth-order valence-electron chi connectivity index (χ4n) is 2.51. The maximum atomic E-state index is 12.8. The third-order valence-electron chi connectivity index (χ3n) is 4.01. The zero-order valence-corrected chi connectivity index (χ0v) is 15.9. The normalized spacial score (nSPS) is 21.5. The van der Waals surface area contributed by atoms with Crippen LogP contribution < -0.4 is 5.73 Å². The summed E-state index contributed by atoms with van der Waals surface area (Å²) in [6.07, 6.45) is 0.522. The number of halogens is 2. The molecule has 0 aromatic heterocycles. The van der Waals surface area contributed by atoms with Crippen LogP contribution >= 0.6 is 28.3 Å². The van der Waals surface area contributed by atoms with E-state index >= 15 is 0 Å². The molecule has 1 unspecified atom stereocenters. The summed E-state index contributed by atoms with van der Waals surface area (Å²) in [5.41, 5.74) is 5.22. The molecule has 1 atom stereocenters. The molecule has 1 aliphatic heterocycles. The molecule has 2 rings (SSSR count). The van der Waals surface area contributed by atoms with Gasteiger partial charge in [0.2, 0.25) is 10.0 Å². The maximum absolute atomic E-state index is 12.8. The summed E-state index contributed by atoms with van der Waals surface area (Å²) >= 11 is 3.17. The Kier molecular flexibility index (Phi) is 6.20. The molecule has 23 heavy (non-hydrogen) atoms. The summed E-state index contributed by atoms with van der Waals surface area (Å²) in [4.78, 5) is 10.2. The molecule has 1 aromatic carbocycles. The lowest BCUT2D eigenvalue weighted by molar-refractivity contribution is -0.387. The molecule has 0 radical (unpaired) electrons. The van der Waals surface area contributed by atoms with Crippen molar-refractivity contribution >= 4 is 44.0 Å². The van der Waals surface area contributed by atoms with Crippen molar-refractivity contribution in [3.63, 3.8) is 0 Å². The van der Waals surface area contributed by atoms with Gasteiger partial charge in [-0.25, -0.2) is 8.42 Å². The van der Waals surface area contributed by atoms with Gasteiger partial charge in [0.05, 0.1) is 4.92 Å². The Balaban J connectivity index is 0.00000264. The van der Waals surface area contributed by atoms with Crippen LogP contribution in [0.2, 0.25) is 0 Å². The van der Waals surface area contributed by atoms with Crippen molar-refractivity contribution in [2.24, 2.45) is 11.1 Å². The Morgan fingerprint density at radius 2 is 2.04 bits per heavy atom. The molecule has 0 bridgehead atoms. The van der Waals surface area contributed by atoms with E-state index in [0.717, 1.165) is 0 Å². The predicted molar refractivity (Wildman–Crippen MR) is 93.2 cm³/mol. The molecule has 130 valence electrons. The van der Waals surface area contributed by atoms with Gasteiger partial charge in [-0.2, -0.15) is 4.31 Å². The number of benzene rings is 1. The summed E-state index contributed by atoms with van der Waals surface area (Å²) in [5.74, 6) is 0. The second-order valence-corrected chi connectivity index (χ2v) is 8.91. The minimum absolute atomic E-state index is 0. The van der Waals surface area contributed by atoms with Crippen molar-refractivity contribution in [3.05, 3.63) is 32.8 Å². The van der Waals surface area contributed by atoms with Crippen LogP contribution in [0.15, 0.2) is 27.6 Å². The van der Waals surface area contributed by atoms with Crippen molar-refractivity contribution in [1.29, 1.82) is 0 Å². The molecule has 1 aromatic rings. The highest BCUT2D eigenvalue weighted by Crippen LogP contribution is 2.35. The van der Waals surface area contributed by atoms with Gasteiger partial charge in [-0.1, -0.05) is 29.8 Å². The Bertz CT molecular complexity index is 711. The summed E-state index contributed by atoms with van der Waals surface area (Å²) in [7, 11) is -3.95. The highest BCUT2D eigenvalue weighted by atomic mass is 79.9. The third-order valence-corrected chi connectivity index (χ3v) is 6.38. The maximum Gasteiger partial charge on any atom is 0.289 e. The first-order valence-electron chi connectivity index (χ1n) is 6.75. The molecule has 2 N–H and O–H groups in total. The summed E-state index contributed by atoms with van der Waals surface area (Å²) < 4.78 is 27.4. The number of hydrogen-bond donors (Lipinski definition) is 1. The van der Waals surface area contributed by atoms with Crippen LogP contribution in [0.25, 0.3) is 0 Å². The number of nitrogens with zero attached hydrogens (tertiary/aromatic N) is 2. The van der Waals surface area contributed by atoms with Crippen molar-refractivity contribution in [2.45, 2.75) is 31.2 Å². The van der Waals surface area contributed by atoms with E-state index in [-0.39, 0.29) is 41.8 Å². The number of nitro groups is 1. The van der Waals surface area contributed by atoms with Gasteiger partial charge < -0.3 is 5.73 Å². The fourth-order valence-corrected chi connectivity index (χ4v) is 4.84. The van der Waals surface area contributed by atoms with E-state index in [1.165, 1.54) is 22.5 Å². The van der Waals surface area contributed by atoms with Crippen molar-refractivity contribution in [1.82, 2.24) is 4.31 Å². The van der Waals surface area contributed by atoms with Gasteiger partial charge in [-0.05, 0) is 24.0 Å². The van der Waals surface area contributed by atoms with E-state index in [2.05, 4.69) is 15.9 Å². The second-order valence-electron chi connectivity index (χ2n) is 6.09. The van der Waals surface area contributed by atoms with Crippen molar-refractivity contribution < 1.29 is 13.3 Å².